The number of carbonyl (C=O) groups excluding carboxylic acids is 1. The Morgan fingerprint density at radius 1 is 1.07 bits per heavy atom. The van der Waals surface area contributed by atoms with Crippen molar-refractivity contribution in [3.05, 3.63) is 65.2 Å². The fourth-order valence-electron chi connectivity index (χ4n) is 3.13. The molecule has 0 amide bonds. The highest BCUT2D eigenvalue weighted by Crippen LogP contribution is 2.23. The largest absolute Gasteiger partial charge is 0.497 e. The number of carbonyl (C=O) groups is 1. The molecule has 0 N–H and O–H groups in total. The first-order chi connectivity index (χ1) is 13.0. The molecule has 144 valence electrons. The molecule has 0 saturated heterocycles. The summed E-state index contributed by atoms with van der Waals surface area (Å²) in [6.45, 7) is 9.04. The predicted molar refractivity (Wildman–Crippen MR) is 111 cm³/mol. The van der Waals surface area contributed by atoms with Gasteiger partial charge in [-0.1, -0.05) is 30.4 Å². The Kier molecular flexibility index (Phi) is 7.47. The molecule has 0 saturated carbocycles. The van der Waals surface area contributed by atoms with Crippen LogP contribution < -0.4 is 9.64 Å². The molecule has 0 aliphatic heterocycles. The van der Waals surface area contributed by atoms with Crippen LogP contribution in [0.2, 0.25) is 0 Å². The second kappa shape index (κ2) is 9.81. The number of likely N-dealkylation sites (N-methyl/N-ethyl adjacent to an activating group) is 1. The van der Waals surface area contributed by atoms with E-state index in [2.05, 4.69) is 26.0 Å². The number of methoxy groups -OCH3 is 1. The molecule has 4 heteroatoms. The van der Waals surface area contributed by atoms with Crippen LogP contribution in [0.3, 0.4) is 0 Å². The Morgan fingerprint density at radius 2 is 1.70 bits per heavy atom. The number of hydrogen-bond acceptors (Lipinski definition) is 4. The van der Waals surface area contributed by atoms with Gasteiger partial charge < -0.3 is 14.4 Å². The smallest absolute Gasteiger partial charge is 0.332 e. The van der Waals surface area contributed by atoms with E-state index in [4.69, 9.17) is 9.47 Å². The highest BCUT2D eigenvalue weighted by Gasteiger charge is 2.24. The summed E-state index contributed by atoms with van der Waals surface area (Å²) in [5.41, 5.74) is 4.45. The Morgan fingerprint density at radius 3 is 2.22 bits per heavy atom. The number of aryl methyl sites for hydroxylation is 2. The number of anilines is 1. The van der Waals surface area contributed by atoms with Crippen LogP contribution in [-0.4, -0.2) is 32.3 Å². The van der Waals surface area contributed by atoms with Crippen molar-refractivity contribution < 1.29 is 14.3 Å². The van der Waals surface area contributed by atoms with E-state index in [1.807, 2.05) is 61.2 Å². The lowest BCUT2D eigenvalue weighted by atomic mass is 10.0. The highest BCUT2D eigenvalue weighted by atomic mass is 16.5. The minimum atomic E-state index is -0.498. The molecule has 0 heterocycles. The van der Waals surface area contributed by atoms with E-state index in [0.717, 1.165) is 17.0 Å². The summed E-state index contributed by atoms with van der Waals surface area (Å²) >= 11 is 0. The third-order valence-electron chi connectivity index (χ3n) is 4.60. The standard InChI is InChI=1S/C23H29NO3/c1-6-24(19-11-13-20(26-5)14-12-19)22(23(25)27-7-2)16-15-21-17(3)9-8-10-18(21)4/h8-16,22H,6-7H2,1-5H3/b16-15+. The summed E-state index contributed by atoms with van der Waals surface area (Å²) in [5.74, 6) is 0.534. The zero-order valence-electron chi connectivity index (χ0n) is 16.9. The number of ether oxygens (including phenoxy) is 2. The minimum Gasteiger partial charge on any atom is -0.497 e. The van der Waals surface area contributed by atoms with Gasteiger partial charge in [0.1, 0.15) is 11.8 Å². The summed E-state index contributed by atoms with van der Waals surface area (Å²) in [7, 11) is 1.64. The van der Waals surface area contributed by atoms with Crippen molar-refractivity contribution in [2.24, 2.45) is 0 Å². The quantitative estimate of drug-likeness (QED) is 0.629. The molecule has 27 heavy (non-hydrogen) atoms. The average molecular weight is 367 g/mol. The first kappa shape index (κ1) is 20.6. The summed E-state index contributed by atoms with van der Waals surface area (Å²) in [6.07, 6.45) is 3.96. The zero-order valence-corrected chi connectivity index (χ0v) is 16.9. The summed E-state index contributed by atoms with van der Waals surface area (Å²) in [6, 6.07) is 13.4. The second-order valence-electron chi connectivity index (χ2n) is 6.35. The van der Waals surface area contributed by atoms with E-state index >= 15 is 0 Å². The molecule has 0 bridgehead atoms. The van der Waals surface area contributed by atoms with E-state index in [9.17, 15) is 4.79 Å². The molecule has 0 aliphatic carbocycles. The third kappa shape index (κ3) is 5.13. The van der Waals surface area contributed by atoms with E-state index in [1.54, 1.807) is 7.11 Å². The van der Waals surface area contributed by atoms with Crippen LogP contribution in [0, 0.1) is 13.8 Å². The number of nitrogens with zero attached hydrogens (tertiary/aromatic N) is 1. The van der Waals surface area contributed by atoms with Gasteiger partial charge in [0.2, 0.25) is 0 Å². The maximum absolute atomic E-state index is 12.7. The molecule has 1 atom stereocenters. The van der Waals surface area contributed by atoms with Crippen LogP contribution in [0.25, 0.3) is 6.08 Å². The zero-order chi connectivity index (χ0) is 19.8. The van der Waals surface area contributed by atoms with Crippen LogP contribution >= 0.6 is 0 Å². The third-order valence-corrected chi connectivity index (χ3v) is 4.60. The summed E-state index contributed by atoms with van der Waals surface area (Å²) < 4.78 is 10.6. The van der Waals surface area contributed by atoms with Crippen molar-refractivity contribution >= 4 is 17.7 Å². The van der Waals surface area contributed by atoms with E-state index < -0.39 is 6.04 Å². The van der Waals surface area contributed by atoms with Gasteiger partial charge in [-0.3, -0.25) is 0 Å². The van der Waals surface area contributed by atoms with Gasteiger partial charge in [0.05, 0.1) is 13.7 Å². The molecule has 0 spiro atoms. The monoisotopic (exact) mass is 367 g/mol. The lowest BCUT2D eigenvalue weighted by Gasteiger charge is -2.29. The summed E-state index contributed by atoms with van der Waals surface area (Å²) in [5, 5.41) is 0. The Bertz CT molecular complexity index is 760. The van der Waals surface area contributed by atoms with Crippen LogP contribution in [0.5, 0.6) is 5.75 Å². The van der Waals surface area contributed by atoms with E-state index in [0.29, 0.717) is 13.2 Å². The molecule has 4 nitrogen and oxygen atoms in total. The van der Waals surface area contributed by atoms with Gasteiger partial charge in [0.25, 0.3) is 0 Å². The Balaban J connectivity index is 2.39. The molecule has 2 aromatic rings. The van der Waals surface area contributed by atoms with Gasteiger partial charge >= 0.3 is 5.97 Å². The molecule has 0 radical (unpaired) electrons. The lowest BCUT2D eigenvalue weighted by molar-refractivity contribution is -0.143. The molecule has 2 aromatic carbocycles. The topological polar surface area (TPSA) is 38.8 Å². The molecular weight excluding hydrogens is 338 g/mol. The van der Waals surface area contributed by atoms with Gasteiger partial charge in [-0.15, -0.1) is 0 Å². The lowest BCUT2D eigenvalue weighted by Crippen LogP contribution is -2.41. The number of benzene rings is 2. The van der Waals surface area contributed by atoms with Crippen LogP contribution in [0.1, 0.15) is 30.5 Å². The molecule has 0 fully saturated rings. The minimum absolute atomic E-state index is 0.252. The second-order valence-corrected chi connectivity index (χ2v) is 6.35. The van der Waals surface area contributed by atoms with Gasteiger partial charge in [-0.2, -0.15) is 0 Å². The van der Waals surface area contributed by atoms with E-state index in [1.165, 1.54) is 11.1 Å². The van der Waals surface area contributed by atoms with Crippen molar-refractivity contribution in [2.75, 3.05) is 25.2 Å². The molecule has 0 aliphatic rings. The number of hydrogen-bond donors (Lipinski definition) is 0. The van der Waals surface area contributed by atoms with Crippen LogP contribution in [0.15, 0.2) is 48.5 Å². The summed E-state index contributed by atoms with van der Waals surface area (Å²) in [4.78, 5) is 14.7. The van der Waals surface area contributed by atoms with Crippen LogP contribution in [0.4, 0.5) is 5.69 Å². The highest BCUT2D eigenvalue weighted by molar-refractivity contribution is 5.84. The molecule has 1 unspecified atom stereocenters. The van der Waals surface area contributed by atoms with Gasteiger partial charge in [0, 0.05) is 12.2 Å². The first-order valence-corrected chi connectivity index (χ1v) is 9.33. The van der Waals surface area contributed by atoms with E-state index in [-0.39, 0.29) is 5.97 Å². The normalized spacial score (nSPS) is 12.0. The Labute approximate surface area is 162 Å². The maximum atomic E-state index is 12.7. The van der Waals surface area contributed by atoms with Crippen molar-refractivity contribution in [3.8, 4) is 5.75 Å². The maximum Gasteiger partial charge on any atom is 0.332 e. The number of esters is 1. The van der Waals surface area contributed by atoms with Crippen molar-refractivity contribution in [2.45, 2.75) is 33.7 Å². The van der Waals surface area contributed by atoms with Crippen molar-refractivity contribution in [1.29, 1.82) is 0 Å². The molecule has 0 aromatic heterocycles. The molecular formula is C23H29NO3. The van der Waals surface area contributed by atoms with Gasteiger partial charge in [0.15, 0.2) is 0 Å². The van der Waals surface area contributed by atoms with Crippen molar-refractivity contribution in [3.63, 3.8) is 0 Å². The Hall–Kier alpha value is -2.75. The van der Waals surface area contributed by atoms with Crippen LogP contribution in [-0.2, 0) is 9.53 Å². The number of rotatable bonds is 8. The van der Waals surface area contributed by atoms with Gasteiger partial charge in [-0.25, -0.2) is 4.79 Å². The fourth-order valence-corrected chi connectivity index (χ4v) is 3.13. The predicted octanol–water partition coefficient (Wildman–Crippen LogP) is 4.78. The average Bonchev–Trinajstić information content (AvgIpc) is 2.67. The van der Waals surface area contributed by atoms with Gasteiger partial charge in [-0.05, 0) is 68.7 Å². The molecule has 2 rings (SSSR count). The van der Waals surface area contributed by atoms with Crippen molar-refractivity contribution in [1.82, 2.24) is 0 Å². The SMILES string of the molecule is CCOC(=O)C(/C=C/c1c(C)cccc1C)N(CC)c1ccc(OC)cc1. The first-order valence-electron chi connectivity index (χ1n) is 9.33. The fraction of sp³-hybridized carbons (Fsp3) is 0.348.